The van der Waals surface area contributed by atoms with Crippen molar-refractivity contribution in [2.24, 2.45) is 0 Å². The van der Waals surface area contributed by atoms with Crippen LogP contribution in [-0.2, 0) is 9.47 Å². The second-order valence-corrected chi connectivity index (χ2v) is 5.79. The van der Waals surface area contributed by atoms with E-state index < -0.39 is 5.54 Å². The van der Waals surface area contributed by atoms with Crippen molar-refractivity contribution in [3.8, 4) is 6.07 Å². The van der Waals surface area contributed by atoms with E-state index in [1.165, 1.54) is 12.8 Å². The molecule has 0 amide bonds. The van der Waals surface area contributed by atoms with Crippen LogP contribution in [0.5, 0.6) is 0 Å². The van der Waals surface area contributed by atoms with E-state index in [0.29, 0.717) is 6.04 Å². The van der Waals surface area contributed by atoms with Crippen molar-refractivity contribution < 1.29 is 9.47 Å². The number of methoxy groups -OCH3 is 2. The van der Waals surface area contributed by atoms with Gasteiger partial charge in [-0.3, -0.25) is 5.32 Å². The molecule has 1 aliphatic rings. The highest BCUT2D eigenvalue weighted by atomic mass is 16.5. The molecule has 5 heteroatoms. The molecule has 1 fully saturated rings. The van der Waals surface area contributed by atoms with Crippen molar-refractivity contribution in [2.45, 2.75) is 44.2 Å². The number of hydrogen-bond acceptors (Lipinski definition) is 5. The van der Waals surface area contributed by atoms with Crippen molar-refractivity contribution in [2.75, 3.05) is 47.1 Å². The van der Waals surface area contributed by atoms with E-state index in [-0.39, 0.29) is 0 Å². The molecule has 1 saturated carbocycles. The molecule has 0 aromatic rings. The first kappa shape index (κ1) is 17.4. The van der Waals surface area contributed by atoms with Crippen LogP contribution in [0.1, 0.15) is 32.6 Å². The predicted molar refractivity (Wildman–Crippen MR) is 79.6 cm³/mol. The Morgan fingerprint density at radius 2 is 1.90 bits per heavy atom. The van der Waals surface area contributed by atoms with Gasteiger partial charge in [-0.25, -0.2) is 0 Å². The van der Waals surface area contributed by atoms with E-state index in [9.17, 15) is 5.26 Å². The molecule has 0 spiro atoms. The zero-order valence-electron chi connectivity index (χ0n) is 13.2. The summed E-state index contributed by atoms with van der Waals surface area (Å²) in [6.45, 7) is 6.32. The molecule has 0 aromatic carbocycles. The van der Waals surface area contributed by atoms with Gasteiger partial charge in [0.2, 0.25) is 0 Å². The lowest BCUT2D eigenvalue weighted by Crippen LogP contribution is -2.45. The van der Waals surface area contributed by atoms with E-state index in [4.69, 9.17) is 9.47 Å². The van der Waals surface area contributed by atoms with Crippen LogP contribution >= 0.6 is 0 Å². The molecule has 1 rings (SSSR count). The largest absolute Gasteiger partial charge is 0.385 e. The first-order chi connectivity index (χ1) is 9.63. The van der Waals surface area contributed by atoms with Gasteiger partial charge in [0.15, 0.2) is 0 Å². The van der Waals surface area contributed by atoms with Gasteiger partial charge in [0.05, 0.1) is 12.7 Å². The van der Waals surface area contributed by atoms with E-state index in [1.54, 1.807) is 14.2 Å². The second-order valence-electron chi connectivity index (χ2n) is 5.79. The van der Waals surface area contributed by atoms with Gasteiger partial charge in [0.25, 0.3) is 0 Å². The Morgan fingerprint density at radius 3 is 2.45 bits per heavy atom. The predicted octanol–water partition coefficient (Wildman–Crippen LogP) is 1.40. The van der Waals surface area contributed by atoms with Crippen LogP contribution in [0.3, 0.4) is 0 Å². The number of nitrogens with one attached hydrogen (secondary N) is 1. The lowest BCUT2D eigenvalue weighted by atomic mass is 9.99. The SMILES string of the molecule is COCCCN(CCOC)CCC(C)(C#N)NC1CC1. The number of hydrogen-bond donors (Lipinski definition) is 1. The first-order valence-corrected chi connectivity index (χ1v) is 7.52. The molecule has 0 bridgehead atoms. The quantitative estimate of drug-likeness (QED) is 0.549. The first-order valence-electron chi connectivity index (χ1n) is 7.52. The third-order valence-electron chi connectivity index (χ3n) is 3.71. The highest BCUT2D eigenvalue weighted by molar-refractivity contribution is 5.07. The summed E-state index contributed by atoms with van der Waals surface area (Å²) >= 11 is 0. The van der Waals surface area contributed by atoms with Gasteiger partial charge < -0.3 is 14.4 Å². The van der Waals surface area contributed by atoms with Gasteiger partial charge in [-0.15, -0.1) is 0 Å². The van der Waals surface area contributed by atoms with Crippen molar-refractivity contribution in [1.29, 1.82) is 5.26 Å². The van der Waals surface area contributed by atoms with Crippen molar-refractivity contribution in [1.82, 2.24) is 10.2 Å². The van der Waals surface area contributed by atoms with Gasteiger partial charge >= 0.3 is 0 Å². The smallest absolute Gasteiger partial charge is 0.105 e. The Morgan fingerprint density at radius 1 is 1.20 bits per heavy atom. The molecule has 0 aliphatic heterocycles. The highest BCUT2D eigenvalue weighted by Gasteiger charge is 2.32. The second kappa shape index (κ2) is 9.30. The normalized spacial score (nSPS) is 17.9. The van der Waals surface area contributed by atoms with E-state index in [2.05, 4.69) is 16.3 Å². The molecule has 1 unspecified atom stereocenters. The van der Waals surface area contributed by atoms with E-state index in [0.717, 1.165) is 45.7 Å². The Hall–Kier alpha value is -0.670. The minimum Gasteiger partial charge on any atom is -0.385 e. The van der Waals surface area contributed by atoms with Gasteiger partial charge in [-0.05, 0) is 32.6 Å². The third kappa shape index (κ3) is 7.20. The summed E-state index contributed by atoms with van der Waals surface area (Å²) in [6, 6.07) is 2.99. The standard InChI is InChI=1S/C15H29N3O2/c1-15(13-16,17-14-5-6-14)7-9-18(10-12-20-3)8-4-11-19-2/h14,17H,4-12H2,1-3H3. The fraction of sp³-hybridized carbons (Fsp3) is 0.933. The lowest BCUT2D eigenvalue weighted by Gasteiger charge is -2.28. The molecule has 0 radical (unpaired) electrons. The fourth-order valence-electron chi connectivity index (χ4n) is 2.21. The molecule has 5 nitrogen and oxygen atoms in total. The summed E-state index contributed by atoms with van der Waals surface area (Å²) < 4.78 is 10.3. The molecule has 0 aromatic heterocycles. The van der Waals surface area contributed by atoms with Crippen LogP contribution in [0, 0.1) is 11.3 Å². The van der Waals surface area contributed by atoms with Crippen molar-refractivity contribution in [3.63, 3.8) is 0 Å². The summed E-state index contributed by atoms with van der Waals surface area (Å²) in [4.78, 5) is 2.35. The Bertz CT molecular complexity index is 302. The maximum absolute atomic E-state index is 9.39. The van der Waals surface area contributed by atoms with Crippen LogP contribution in [0.25, 0.3) is 0 Å². The Balaban J connectivity index is 2.35. The number of nitriles is 1. The molecule has 0 heterocycles. The minimum absolute atomic E-state index is 0.409. The molecule has 20 heavy (non-hydrogen) atoms. The van der Waals surface area contributed by atoms with Gasteiger partial charge in [-0.2, -0.15) is 5.26 Å². The van der Waals surface area contributed by atoms with Crippen LogP contribution < -0.4 is 5.32 Å². The monoisotopic (exact) mass is 283 g/mol. The topological polar surface area (TPSA) is 57.5 Å². The maximum Gasteiger partial charge on any atom is 0.105 e. The Kier molecular flexibility index (Phi) is 8.08. The van der Waals surface area contributed by atoms with Gasteiger partial charge in [-0.1, -0.05) is 0 Å². The van der Waals surface area contributed by atoms with Crippen molar-refractivity contribution >= 4 is 0 Å². The van der Waals surface area contributed by atoms with E-state index in [1.807, 2.05) is 6.92 Å². The van der Waals surface area contributed by atoms with Crippen LogP contribution in [0.2, 0.25) is 0 Å². The minimum atomic E-state index is -0.409. The summed E-state index contributed by atoms with van der Waals surface area (Å²) in [6.07, 6.45) is 4.27. The average molecular weight is 283 g/mol. The number of rotatable bonds is 12. The average Bonchev–Trinajstić information content (AvgIpc) is 3.25. The number of nitrogens with zero attached hydrogens (tertiary/aromatic N) is 2. The fourth-order valence-corrected chi connectivity index (χ4v) is 2.21. The van der Waals surface area contributed by atoms with Crippen molar-refractivity contribution in [3.05, 3.63) is 0 Å². The summed E-state index contributed by atoms with van der Waals surface area (Å²) in [5, 5.41) is 12.8. The molecule has 0 saturated heterocycles. The van der Waals surface area contributed by atoms with Crippen LogP contribution in [-0.4, -0.2) is 63.5 Å². The molecular formula is C15H29N3O2. The van der Waals surface area contributed by atoms with Gasteiger partial charge in [0, 0.05) is 46.5 Å². The summed E-state index contributed by atoms with van der Waals surface area (Å²) in [5.41, 5.74) is -0.409. The zero-order chi connectivity index (χ0) is 14.8. The lowest BCUT2D eigenvalue weighted by molar-refractivity contribution is 0.128. The van der Waals surface area contributed by atoms with E-state index >= 15 is 0 Å². The zero-order valence-corrected chi connectivity index (χ0v) is 13.2. The molecule has 1 aliphatic carbocycles. The molecule has 1 atom stereocenters. The molecule has 1 N–H and O–H groups in total. The molecule has 116 valence electrons. The summed E-state index contributed by atoms with van der Waals surface area (Å²) in [7, 11) is 3.45. The third-order valence-corrected chi connectivity index (χ3v) is 3.71. The van der Waals surface area contributed by atoms with Crippen LogP contribution in [0.4, 0.5) is 0 Å². The molecular weight excluding hydrogens is 254 g/mol. The number of ether oxygens (including phenoxy) is 2. The van der Waals surface area contributed by atoms with Crippen LogP contribution in [0.15, 0.2) is 0 Å². The van der Waals surface area contributed by atoms with Gasteiger partial charge in [0.1, 0.15) is 5.54 Å². The summed E-state index contributed by atoms with van der Waals surface area (Å²) in [5.74, 6) is 0. The Labute approximate surface area is 123 Å². The maximum atomic E-state index is 9.39. The highest BCUT2D eigenvalue weighted by Crippen LogP contribution is 2.23.